The number of benzene rings is 2. The largest absolute Gasteiger partial charge is 0.508 e. The molecule has 0 aliphatic carbocycles. The van der Waals surface area contributed by atoms with Gasteiger partial charge in [0.2, 0.25) is 0 Å². The second kappa shape index (κ2) is 6.00. The van der Waals surface area contributed by atoms with Gasteiger partial charge in [-0.25, -0.2) is 0 Å². The summed E-state index contributed by atoms with van der Waals surface area (Å²) in [4.78, 5) is 11.1. The molecule has 5 heteroatoms. The average Bonchev–Trinajstić information content (AvgIpc) is 2.46. The molecule has 0 aliphatic rings. The normalized spacial score (nSPS) is 11.2. The molecule has 0 aromatic heterocycles. The van der Waals surface area contributed by atoms with Crippen LogP contribution in [-0.2, 0) is 4.79 Å². The van der Waals surface area contributed by atoms with E-state index in [0.29, 0.717) is 17.4 Å². The fourth-order valence-corrected chi connectivity index (χ4v) is 1.73. The first-order valence-corrected chi connectivity index (χ1v) is 6.15. The van der Waals surface area contributed by atoms with E-state index in [1.165, 1.54) is 30.5 Å². The Hall–Kier alpha value is -2.95. The standard InChI is InChI=1S/C16H14O5/c1-10-15(20)6-14(19)7-16(10)21-9-12(8-17)11-2-4-13(18)5-3-11/h2-9,18-20H,1H3/b12-9+. The second-order valence-corrected chi connectivity index (χ2v) is 4.44. The van der Waals surface area contributed by atoms with Gasteiger partial charge in [-0.1, -0.05) is 12.1 Å². The zero-order chi connectivity index (χ0) is 15.4. The average molecular weight is 286 g/mol. The van der Waals surface area contributed by atoms with Crippen molar-refractivity contribution in [3.8, 4) is 23.0 Å². The van der Waals surface area contributed by atoms with Gasteiger partial charge < -0.3 is 20.1 Å². The highest BCUT2D eigenvalue weighted by atomic mass is 16.5. The Labute approximate surface area is 121 Å². The topological polar surface area (TPSA) is 87.0 Å². The van der Waals surface area contributed by atoms with Crippen LogP contribution < -0.4 is 4.74 Å². The Balaban J connectivity index is 2.30. The van der Waals surface area contributed by atoms with Crippen LogP contribution in [0.5, 0.6) is 23.0 Å². The molecule has 2 rings (SSSR count). The lowest BCUT2D eigenvalue weighted by Crippen LogP contribution is -1.92. The van der Waals surface area contributed by atoms with Gasteiger partial charge in [0.1, 0.15) is 29.3 Å². The molecule has 108 valence electrons. The van der Waals surface area contributed by atoms with Crippen molar-refractivity contribution < 1.29 is 24.9 Å². The van der Waals surface area contributed by atoms with Crippen LogP contribution in [0.2, 0.25) is 0 Å². The number of phenolic OH excluding ortho intramolecular Hbond substituents is 3. The predicted molar refractivity (Wildman–Crippen MR) is 77.3 cm³/mol. The van der Waals surface area contributed by atoms with E-state index in [9.17, 15) is 20.1 Å². The van der Waals surface area contributed by atoms with E-state index >= 15 is 0 Å². The van der Waals surface area contributed by atoms with Gasteiger partial charge in [0.05, 0.1) is 5.57 Å². The summed E-state index contributed by atoms with van der Waals surface area (Å²) in [6, 6.07) is 8.60. The first-order valence-electron chi connectivity index (χ1n) is 6.15. The number of rotatable bonds is 4. The molecular weight excluding hydrogens is 272 g/mol. The Morgan fingerprint density at radius 2 is 1.71 bits per heavy atom. The first-order chi connectivity index (χ1) is 10.0. The molecule has 0 saturated carbocycles. The van der Waals surface area contributed by atoms with E-state index in [4.69, 9.17) is 4.74 Å². The fraction of sp³-hybridized carbons (Fsp3) is 0.0625. The molecule has 0 amide bonds. The number of ether oxygens (including phenoxy) is 1. The van der Waals surface area contributed by atoms with Crippen molar-refractivity contribution in [1.29, 1.82) is 0 Å². The van der Waals surface area contributed by atoms with Crippen molar-refractivity contribution in [2.45, 2.75) is 6.92 Å². The molecule has 2 aromatic rings. The van der Waals surface area contributed by atoms with Crippen LogP contribution >= 0.6 is 0 Å². The number of hydrogen-bond donors (Lipinski definition) is 3. The highest BCUT2D eigenvalue weighted by molar-refractivity contribution is 6.06. The smallest absolute Gasteiger partial charge is 0.153 e. The maximum absolute atomic E-state index is 11.1. The van der Waals surface area contributed by atoms with Gasteiger partial charge in [-0.05, 0) is 24.6 Å². The van der Waals surface area contributed by atoms with Gasteiger partial charge in [0.15, 0.2) is 6.29 Å². The Bertz CT molecular complexity index is 687. The summed E-state index contributed by atoms with van der Waals surface area (Å²) >= 11 is 0. The van der Waals surface area contributed by atoms with Gasteiger partial charge in [-0.15, -0.1) is 0 Å². The molecule has 0 bridgehead atoms. The lowest BCUT2D eigenvalue weighted by atomic mass is 10.1. The summed E-state index contributed by atoms with van der Waals surface area (Å²) in [5.41, 5.74) is 1.28. The number of aromatic hydroxyl groups is 3. The Morgan fingerprint density at radius 1 is 1.05 bits per heavy atom. The van der Waals surface area contributed by atoms with E-state index in [2.05, 4.69) is 0 Å². The van der Waals surface area contributed by atoms with E-state index in [1.54, 1.807) is 19.1 Å². The third kappa shape index (κ3) is 3.33. The molecule has 5 nitrogen and oxygen atoms in total. The van der Waals surface area contributed by atoms with Crippen molar-refractivity contribution in [2.24, 2.45) is 0 Å². The Kier molecular flexibility index (Phi) is 4.13. The molecule has 0 saturated heterocycles. The van der Waals surface area contributed by atoms with Crippen molar-refractivity contribution in [2.75, 3.05) is 0 Å². The summed E-state index contributed by atoms with van der Waals surface area (Å²) in [5.74, 6) is 0.0961. The minimum absolute atomic E-state index is 0.0960. The third-order valence-electron chi connectivity index (χ3n) is 2.96. The first kappa shape index (κ1) is 14.5. The van der Waals surface area contributed by atoms with E-state index < -0.39 is 0 Å². The highest BCUT2D eigenvalue weighted by Gasteiger charge is 2.08. The number of phenols is 3. The molecule has 0 spiro atoms. The van der Waals surface area contributed by atoms with E-state index in [0.717, 1.165) is 0 Å². The minimum atomic E-state index is -0.140. The van der Waals surface area contributed by atoms with Crippen LogP contribution in [0.15, 0.2) is 42.7 Å². The lowest BCUT2D eigenvalue weighted by molar-refractivity contribution is -0.103. The summed E-state index contributed by atoms with van der Waals surface area (Å²) < 4.78 is 5.36. The number of carbonyl (C=O) groups excluding carboxylic acids is 1. The maximum atomic E-state index is 11.1. The summed E-state index contributed by atoms with van der Waals surface area (Å²) in [5, 5.41) is 28.2. The van der Waals surface area contributed by atoms with Crippen molar-refractivity contribution >= 4 is 11.9 Å². The van der Waals surface area contributed by atoms with Crippen LogP contribution in [-0.4, -0.2) is 21.6 Å². The monoisotopic (exact) mass is 286 g/mol. The van der Waals surface area contributed by atoms with Crippen LogP contribution in [0.1, 0.15) is 11.1 Å². The molecule has 0 unspecified atom stereocenters. The van der Waals surface area contributed by atoms with Crippen LogP contribution in [0, 0.1) is 6.92 Å². The number of carbonyl (C=O) groups is 1. The molecular formula is C16H14O5. The fourth-order valence-electron chi connectivity index (χ4n) is 1.73. The molecule has 0 heterocycles. The molecule has 0 atom stereocenters. The Morgan fingerprint density at radius 3 is 2.33 bits per heavy atom. The summed E-state index contributed by atoms with van der Waals surface area (Å²) in [7, 11) is 0. The molecule has 0 aliphatic heterocycles. The number of aldehydes is 1. The maximum Gasteiger partial charge on any atom is 0.153 e. The zero-order valence-electron chi connectivity index (χ0n) is 11.3. The summed E-state index contributed by atoms with van der Waals surface area (Å²) in [6.07, 6.45) is 1.84. The molecule has 3 N–H and O–H groups in total. The number of allylic oxidation sites excluding steroid dienone is 1. The molecule has 21 heavy (non-hydrogen) atoms. The quantitative estimate of drug-likeness (QED) is 0.457. The van der Waals surface area contributed by atoms with E-state index in [1.807, 2.05) is 0 Å². The minimum Gasteiger partial charge on any atom is -0.508 e. The third-order valence-corrected chi connectivity index (χ3v) is 2.96. The van der Waals surface area contributed by atoms with Gasteiger partial charge in [-0.2, -0.15) is 0 Å². The number of hydrogen-bond acceptors (Lipinski definition) is 5. The molecule has 0 fully saturated rings. The van der Waals surface area contributed by atoms with Crippen molar-refractivity contribution in [3.05, 3.63) is 53.8 Å². The van der Waals surface area contributed by atoms with Gasteiger partial charge >= 0.3 is 0 Å². The molecule has 2 aromatic carbocycles. The zero-order valence-corrected chi connectivity index (χ0v) is 11.3. The van der Waals surface area contributed by atoms with Crippen molar-refractivity contribution in [3.63, 3.8) is 0 Å². The van der Waals surface area contributed by atoms with Crippen LogP contribution in [0.25, 0.3) is 5.57 Å². The lowest BCUT2D eigenvalue weighted by Gasteiger charge is -2.08. The second-order valence-electron chi connectivity index (χ2n) is 4.44. The van der Waals surface area contributed by atoms with Crippen LogP contribution in [0.4, 0.5) is 0 Å². The predicted octanol–water partition coefficient (Wildman–Crippen LogP) is 2.73. The summed E-state index contributed by atoms with van der Waals surface area (Å²) in [6.45, 7) is 1.62. The van der Waals surface area contributed by atoms with Gasteiger partial charge in [-0.3, -0.25) is 4.79 Å². The van der Waals surface area contributed by atoms with Crippen LogP contribution in [0.3, 0.4) is 0 Å². The van der Waals surface area contributed by atoms with Crippen molar-refractivity contribution in [1.82, 2.24) is 0 Å². The molecule has 0 radical (unpaired) electrons. The SMILES string of the molecule is Cc1c(O)cc(O)cc1O/C=C(\C=O)c1ccc(O)cc1. The van der Waals surface area contributed by atoms with Gasteiger partial charge in [0.25, 0.3) is 0 Å². The van der Waals surface area contributed by atoms with Gasteiger partial charge in [0, 0.05) is 17.7 Å². The highest BCUT2D eigenvalue weighted by Crippen LogP contribution is 2.32. The van der Waals surface area contributed by atoms with E-state index in [-0.39, 0.29) is 28.6 Å².